The number of hydrogen-bond acceptors (Lipinski definition) is 3. The first kappa shape index (κ1) is 12.4. The predicted molar refractivity (Wildman–Crippen MR) is 62.5 cm³/mol. The molecule has 0 radical (unpaired) electrons. The molecule has 0 saturated carbocycles. The average Bonchev–Trinajstić information content (AvgIpc) is 2.79. The second kappa shape index (κ2) is 4.89. The van der Waals surface area contributed by atoms with Gasteiger partial charge in [0.25, 0.3) is 0 Å². The second-order valence-electron chi connectivity index (χ2n) is 4.23. The van der Waals surface area contributed by atoms with Gasteiger partial charge in [-0.05, 0) is 25.5 Å². The van der Waals surface area contributed by atoms with E-state index >= 15 is 0 Å². The fourth-order valence-corrected chi connectivity index (χ4v) is 2.93. The van der Waals surface area contributed by atoms with Crippen LogP contribution in [0, 0.1) is 16.7 Å². The van der Waals surface area contributed by atoms with E-state index in [9.17, 15) is 4.79 Å². The van der Waals surface area contributed by atoms with Crippen LogP contribution < -0.4 is 0 Å². The molecule has 1 aliphatic heterocycles. The highest BCUT2D eigenvalue weighted by Gasteiger charge is 2.37. The van der Waals surface area contributed by atoms with Crippen LogP contribution in [-0.4, -0.2) is 35.4 Å². The van der Waals surface area contributed by atoms with Crippen LogP contribution in [0.1, 0.15) is 26.7 Å². The van der Waals surface area contributed by atoms with Crippen molar-refractivity contribution >= 4 is 17.7 Å². The molecule has 0 aromatic heterocycles. The monoisotopic (exact) mass is 226 g/mol. The highest BCUT2D eigenvalue weighted by atomic mass is 32.2. The molecule has 84 valence electrons. The number of hydrogen-bond donors (Lipinski definition) is 0. The average molecular weight is 226 g/mol. The molecule has 1 rings (SSSR count). The third kappa shape index (κ3) is 2.46. The summed E-state index contributed by atoms with van der Waals surface area (Å²) in [4.78, 5) is 13.9. The maximum atomic E-state index is 12.1. The molecule has 1 aliphatic rings. The molecule has 2 atom stereocenters. The number of carbonyl (C=O) groups excluding carboxylic acids is 1. The van der Waals surface area contributed by atoms with Crippen LogP contribution in [0.3, 0.4) is 0 Å². The van der Waals surface area contributed by atoms with Crippen molar-refractivity contribution in [3.8, 4) is 6.07 Å². The number of nitrogens with zero attached hydrogens (tertiary/aromatic N) is 2. The van der Waals surface area contributed by atoms with Crippen molar-refractivity contribution in [2.45, 2.75) is 32.7 Å². The molecule has 0 aliphatic carbocycles. The third-order valence-electron chi connectivity index (χ3n) is 3.20. The summed E-state index contributed by atoms with van der Waals surface area (Å²) in [6.07, 6.45) is 1.63. The largest absolute Gasteiger partial charge is 0.341 e. The van der Waals surface area contributed by atoms with Crippen LogP contribution in [0.4, 0.5) is 0 Å². The van der Waals surface area contributed by atoms with Gasteiger partial charge in [-0.15, -0.1) is 0 Å². The molecule has 1 amide bonds. The molecule has 0 aromatic rings. The lowest BCUT2D eigenvalue weighted by Gasteiger charge is -2.30. The Kier molecular flexibility index (Phi) is 4.04. The first-order chi connectivity index (χ1) is 7.05. The van der Waals surface area contributed by atoms with E-state index in [0.29, 0.717) is 12.5 Å². The lowest BCUT2D eigenvalue weighted by atomic mass is 9.87. The van der Waals surface area contributed by atoms with Gasteiger partial charge in [-0.25, -0.2) is 0 Å². The summed E-state index contributed by atoms with van der Waals surface area (Å²) in [7, 11) is 1.82. The maximum absolute atomic E-state index is 12.1. The Morgan fingerprint density at radius 3 is 2.80 bits per heavy atom. The van der Waals surface area contributed by atoms with Crippen molar-refractivity contribution in [2.24, 2.45) is 5.41 Å². The van der Waals surface area contributed by atoms with Crippen LogP contribution in [0.15, 0.2) is 0 Å². The van der Waals surface area contributed by atoms with Gasteiger partial charge in [0.05, 0.1) is 6.07 Å². The normalized spacial score (nSPS) is 24.3. The number of nitriles is 1. The van der Waals surface area contributed by atoms with Crippen molar-refractivity contribution in [2.75, 3.05) is 18.6 Å². The van der Waals surface area contributed by atoms with E-state index in [0.717, 1.165) is 17.9 Å². The fourth-order valence-electron chi connectivity index (χ4n) is 1.66. The highest BCUT2D eigenvalue weighted by Crippen LogP contribution is 2.27. The van der Waals surface area contributed by atoms with Gasteiger partial charge in [0.2, 0.25) is 5.91 Å². The van der Waals surface area contributed by atoms with E-state index in [2.05, 4.69) is 6.07 Å². The molecule has 0 bridgehead atoms. The highest BCUT2D eigenvalue weighted by molar-refractivity contribution is 7.99. The molecule has 1 fully saturated rings. The summed E-state index contributed by atoms with van der Waals surface area (Å²) in [6.45, 7) is 3.62. The fraction of sp³-hybridized carbons (Fsp3) is 0.818. The Hall–Kier alpha value is -0.690. The van der Waals surface area contributed by atoms with Gasteiger partial charge in [0.15, 0.2) is 0 Å². The summed E-state index contributed by atoms with van der Waals surface area (Å²) in [5.41, 5.74) is -0.845. The van der Waals surface area contributed by atoms with Crippen molar-refractivity contribution in [3.05, 3.63) is 0 Å². The molecule has 0 N–H and O–H groups in total. The van der Waals surface area contributed by atoms with Crippen LogP contribution in [0.2, 0.25) is 0 Å². The molecule has 0 spiro atoms. The van der Waals surface area contributed by atoms with Crippen LogP contribution in [-0.2, 0) is 4.79 Å². The Labute approximate surface area is 95.8 Å². The van der Waals surface area contributed by atoms with Gasteiger partial charge in [0.1, 0.15) is 5.41 Å². The molecule has 4 heteroatoms. The van der Waals surface area contributed by atoms with Crippen molar-refractivity contribution < 1.29 is 4.79 Å². The minimum Gasteiger partial charge on any atom is -0.341 e. The van der Waals surface area contributed by atoms with Gasteiger partial charge in [-0.2, -0.15) is 17.0 Å². The third-order valence-corrected chi connectivity index (χ3v) is 4.34. The lowest BCUT2D eigenvalue weighted by Crippen LogP contribution is -2.44. The van der Waals surface area contributed by atoms with Gasteiger partial charge in [-0.3, -0.25) is 4.79 Å². The Morgan fingerprint density at radius 1 is 1.73 bits per heavy atom. The number of rotatable bonds is 3. The summed E-state index contributed by atoms with van der Waals surface area (Å²) in [5, 5.41) is 9.04. The Morgan fingerprint density at radius 2 is 2.40 bits per heavy atom. The smallest absolute Gasteiger partial charge is 0.242 e. The molecule has 0 aromatic carbocycles. The molecule has 1 saturated heterocycles. The Bertz CT molecular complexity index is 281. The van der Waals surface area contributed by atoms with Crippen LogP contribution in [0.25, 0.3) is 0 Å². The van der Waals surface area contributed by atoms with Gasteiger partial charge < -0.3 is 4.90 Å². The van der Waals surface area contributed by atoms with Gasteiger partial charge in [0, 0.05) is 18.8 Å². The number of amides is 1. The molecule has 2 unspecified atom stereocenters. The van der Waals surface area contributed by atoms with Gasteiger partial charge >= 0.3 is 0 Å². The summed E-state index contributed by atoms with van der Waals surface area (Å²) in [5.74, 6) is 2.10. The standard InChI is InChI=1S/C11H18N2OS/c1-4-11(2,8-12)10(14)13(3)9-5-6-15-7-9/h9H,4-7H2,1-3H3. The van der Waals surface area contributed by atoms with Crippen molar-refractivity contribution in [3.63, 3.8) is 0 Å². The first-order valence-electron chi connectivity index (χ1n) is 5.31. The van der Waals surface area contributed by atoms with E-state index in [1.54, 1.807) is 11.8 Å². The molecular formula is C11H18N2OS. The summed E-state index contributed by atoms with van der Waals surface area (Å²) in [6, 6.07) is 2.46. The van der Waals surface area contributed by atoms with E-state index in [1.165, 1.54) is 0 Å². The summed E-state index contributed by atoms with van der Waals surface area (Å²) < 4.78 is 0. The molecule has 1 heterocycles. The van der Waals surface area contributed by atoms with Gasteiger partial charge in [-0.1, -0.05) is 6.92 Å². The quantitative estimate of drug-likeness (QED) is 0.738. The molecular weight excluding hydrogens is 208 g/mol. The van der Waals surface area contributed by atoms with E-state index in [-0.39, 0.29) is 5.91 Å². The SMILES string of the molecule is CCC(C)(C#N)C(=O)N(C)C1CCSC1. The summed E-state index contributed by atoms with van der Waals surface area (Å²) >= 11 is 1.88. The second-order valence-corrected chi connectivity index (χ2v) is 5.38. The van der Waals surface area contributed by atoms with Crippen molar-refractivity contribution in [1.29, 1.82) is 5.26 Å². The van der Waals surface area contributed by atoms with E-state index in [4.69, 9.17) is 5.26 Å². The zero-order valence-corrected chi connectivity index (χ0v) is 10.4. The van der Waals surface area contributed by atoms with E-state index in [1.807, 2.05) is 25.7 Å². The van der Waals surface area contributed by atoms with E-state index < -0.39 is 5.41 Å². The first-order valence-corrected chi connectivity index (χ1v) is 6.47. The molecule has 15 heavy (non-hydrogen) atoms. The van der Waals surface area contributed by atoms with Crippen LogP contribution >= 0.6 is 11.8 Å². The number of thioether (sulfide) groups is 1. The zero-order valence-electron chi connectivity index (χ0n) is 9.62. The topological polar surface area (TPSA) is 44.1 Å². The minimum absolute atomic E-state index is 0.0278. The zero-order chi connectivity index (χ0) is 11.5. The molecule has 3 nitrogen and oxygen atoms in total. The lowest BCUT2D eigenvalue weighted by molar-refractivity contribution is -0.138. The maximum Gasteiger partial charge on any atom is 0.242 e. The van der Waals surface area contributed by atoms with Crippen LogP contribution in [0.5, 0.6) is 0 Å². The predicted octanol–water partition coefficient (Wildman–Crippen LogP) is 1.89. The van der Waals surface area contributed by atoms with Crippen molar-refractivity contribution in [1.82, 2.24) is 4.90 Å². The Balaban J connectivity index is 2.71. The minimum atomic E-state index is -0.845. The number of carbonyl (C=O) groups is 1.